The van der Waals surface area contributed by atoms with Crippen LogP contribution in [0.15, 0.2) is 43.0 Å². The van der Waals surface area contributed by atoms with E-state index in [1.54, 1.807) is 0 Å². The van der Waals surface area contributed by atoms with E-state index in [0.717, 1.165) is 0 Å². The first-order valence-corrected chi connectivity index (χ1v) is 5.62. The summed E-state index contributed by atoms with van der Waals surface area (Å²) >= 11 is 0. The molecule has 0 aromatic heterocycles. The molecule has 0 radical (unpaired) electrons. The molecule has 0 amide bonds. The summed E-state index contributed by atoms with van der Waals surface area (Å²) in [4.78, 5) is 0. The first-order chi connectivity index (χ1) is 7.62. The summed E-state index contributed by atoms with van der Waals surface area (Å²) in [5.74, 6) is -0.274. The maximum atomic E-state index is 5.86. The maximum absolute atomic E-state index is 5.86. The second kappa shape index (κ2) is 4.40. The van der Waals surface area contributed by atoms with Gasteiger partial charge < -0.3 is 9.47 Å². The summed E-state index contributed by atoms with van der Waals surface area (Å²) in [6.45, 7) is 8.40. The van der Waals surface area contributed by atoms with Gasteiger partial charge in [0.25, 0.3) is 0 Å². The van der Waals surface area contributed by atoms with Crippen molar-refractivity contribution in [1.82, 2.24) is 0 Å². The van der Waals surface area contributed by atoms with Crippen molar-refractivity contribution in [3.05, 3.63) is 48.6 Å². The standard InChI is InChI=1S/C14H18O2/c1-4-12(11-8-6-5-7-9-11)13-10-15-14(2,3)16-13/h4-9,12-13H,1,10H2,2-3H3/t12-,13-/m1/s1. The number of benzene rings is 1. The fourth-order valence-electron chi connectivity index (χ4n) is 2.07. The van der Waals surface area contributed by atoms with Crippen molar-refractivity contribution in [3.63, 3.8) is 0 Å². The molecule has 1 aliphatic rings. The third kappa shape index (κ3) is 2.34. The largest absolute Gasteiger partial charge is 0.348 e. The van der Waals surface area contributed by atoms with Crippen LogP contribution in [0.4, 0.5) is 0 Å². The molecular weight excluding hydrogens is 200 g/mol. The molecule has 1 saturated heterocycles. The van der Waals surface area contributed by atoms with Crippen LogP contribution in [0, 0.1) is 0 Å². The van der Waals surface area contributed by atoms with E-state index in [-0.39, 0.29) is 12.0 Å². The molecule has 2 heteroatoms. The summed E-state index contributed by atoms with van der Waals surface area (Å²) < 4.78 is 11.4. The highest BCUT2D eigenvalue weighted by Crippen LogP contribution is 2.32. The van der Waals surface area contributed by atoms with Gasteiger partial charge in [-0.3, -0.25) is 0 Å². The Labute approximate surface area is 96.9 Å². The fraction of sp³-hybridized carbons (Fsp3) is 0.429. The molecule has 1 aromatic rings. The molecule has 2 nitrogen and oxygen atoms in total. The van der Waals surface area contributed by atoms with Crippen molar-refractivity contribution in [2.45, 2.75) is 31.7 Å². The smallest absolute Gasteiger partial charge is 0.163 e. The van der Waals surface area contributed by atoms with Gasteiger partial charge in [0, 0.05) is 5.92 Å². The Morgan fingerprint density at radius 1 is 1.38 bits per heavy atom. The third-order valence-corrected chi connectivity index (χ3v) is 2.87. The van der Waals surface area contributed by atoms with Gasteiger partial charge in [-0.15, -0.1) is 6.58 Å². The van der Waals surface area contributed by atoms with Crippen LogP contribution in [0.25, 0.3) is 0 Å². The highest BCUT2D eigenvalue weighted by Gasteiger charge is 2.36. The van der Waals surface area contributed by atoms with Gasteiger partial charge in [0.2, 0.25) is 0 Å². The van der Waals surface area contributed by atoms with E-state index < -0.39 is 5.79 Å². The van der Waals surface area contributed by atoms with Gasteiger partial charge in [-0.05, 0) is 19.4 Å². The first kappa shape index (κ1) is 11.4. The highest BCUT2D eigenvalue weighted by atomic mass is 16.7. The molecule has 0 bridgehead atoms. The van der Waals surface area contributed by atoms with Gasteiger partial charge in [-0.25, -0.2) is 0 Å². The van der Waals surface area contributed by atoms with Crippen molar-refractivity contribution < 1.29 is 9.47 Å². The number of ether oxygens (including phenoxy) is 2. The molecule has 2 atom stereocenters. The molecule has 0 saturated carbocycles. The molecular formula is C14H18O2. The topological polar surface area (TPSA) is 18.5 Å². The SMILES string of the molecule is C=C[C@H](c1ccccc1)[C@H]1COC(C)(C)O1. The van der Waals surface area contributed by atoms with E-state index in [1.807, 2.05) is 38.1 Å². The minimum atomic E-state index is -0.472. The highest BCUT2D eigenvalue weighted by molar-refractivity contribution is 5.25. The van der Waals surface area contributed by atoms with Crippen LogP contribution in [-0.4, -0.2) is 18.5 Å². The van der Waals surface area contributed by atoms with Crippen LogP contribution in [0.2, 0.25) is 0 Å². The first-order valence-electron chi connectivity index (χ1n) is 5.62. The summed E-state index contributed by atoms with van der Waals surface area (Å²) in [6.07, 6.45) is 2.00. The molecule has 1 fully saturated rings. The van der Waals surface area contributed by atoms with Gasteiger partial charge >= 0.3 is 0 Å². The molecule has 1 aromatic carbocycles. The zero-order valence-corrected chi connectivity index (χ0v) is 9.85. The lowest BCUT2D eigenvalue weighted by Gasteiger charge is -2.22. The van der Waals surface area contributed by atoms with Gasteiger partial charge in [0.1, 0.15) is 0 Å². The van der Waals surface area contributed by atoms with E-state index in [1.165, 1.54) is 5.56 Å². The maximum Gasteiger partial charge on any atom is 0.163 e. The number of hydrogen-bond donors (Lipinski definition) is 0. The van der Waals surface area contributed by atoms with Gasteiger partial charge in [0.05, 0.1) is 12.7 Å². The van der Waals surface area contributed by atoms with Gasteiger partial charge in [-0.1, -0.05) is 36.4 Å². The lowest BCUT2D eigenvalue weighted by atomic mass is 9.94. The summed E-state index contributed by atoms with van der Waals surface area (Å²) in [5.41, 5.74) is 1.23. The van der Waals surface area contributed by atoms with E-state index in [4.69, 9.17) is 9.47 Å². The summed E-state index contributed by atoms with van der Waals surface area (Å²) in [6, 6.07) is 10.3. The molecule has 16 heavy (non-hydrogen) atoms. The lowest BCUT2D eigenvalue weighted by molar-refractivity contribution is -0.139. The average Bonchev–Trinajstić information content (AvgIpc) is 2.62. The van der Waals surface area contributed by atoms with Gasteiger partial charge in [0.15, 0.2) is 5.79 Å². The minimum Gasteiger partial charge on any atom is -0.348 e. The van der Waals surface area contributed by atoms with Crippen molar-refractivity contribution >= 4 is 0 Å². The van der Waals surface area contributed by atoms with Crippen LogP contribution in [0.5, 0.6) is 0 Å². The average molecular weight is 218 g/mol. The summed E-state index contributed by atoms with van der Waals surface area (Å²) in [5, 5.41) is 0. The Morgan fingerprint density at radius 3 is 2.56 bits per heavy atom. The number of rotatable bonds is 3. The van der Waals surface area contributed by atoms with Crippen LogP contribution >= 0.6 is 0 Å². The fourth-order valence-corrected chi connectivity index (χ4v) is 2.07. The van der Waals surface area contributed by atoms with Crippen molar-refractivity contribution in [1.29, 1.82) is 0 Å². The second-order valence-electron chi connectivity index (χ2n) is 4.54. The van der Waals surface area contributed by atoms with Crippen LogP contribution in [-0.2, 0) is 9.47 Å². The number of hydrogen-bond acceptors (Lipinski definition) is 2. The minimum absolute atomic E-state index is 0.0647. The zero-order valence-electron chi connectivity index (χ0n) is 9.85. The predicted octanol–water partition coefficient (Wildman–Crippen LogP) is 3.11. The Bertz CT molecular complexity index is 356. The lowest BCUT2D eigenvalue weighted by Crippen LogP contribution is -2.24. The molecule has 0 unspecified atom stereocenters. The molecule has 86 valence electrons. The third-order valence-electron chi connectivity index (χ3n) is 2.87. The quantitative estimate of drug-likeness (QED) is 0.726. The Morgan fingerprint density at radius 2 is 2.06 bits per heavy atom. The normalized spacial score (nSPS) is 25.2. The molecule has 0 N–H and O–H groups in total. The molecule has 2 rings (SSSR count). The Hall–Kier alpha value is -1.12. The molecule has 1 aliphatic heterocycles. The van der Waals surface area contributed by atoms with Crippen molar-refractivity contribution in [3.8, 4) is 0 Å². The molecule has 1 heterocycles. The van der Waals surface area contributed by atoms with E-state index in [2.05, 4.69) is 18.7 Å². The van der Waals surface area contributed by atoms with E-state index in [9.17, 15) is 0 Å². The molecule has 0 aliphatic carbocycles. The second-order valence-corrected chi connectivity index (χ2v) is 4.54. The Balaban J connectivity index is 2.16. The predicted molar refractivity (Wildman–Crippen MR) is 64.3 cm³/mol. The monoisotopic (exact) mass is 218 g/mol. The van der Waals surface area contributed by atoms with E-state index >= 15 is 0 Å². The van der Waals surface area contributed by atoms with Crippen LogP contribution in [0.1, 0.15) is 25.3 Å². The van der Waals surface area contributed by atoms with Crippen molar-refractivity contribution in [2.24, 2.45) is 0 Å². The molecule has 0 spiro atoms. The summed E-state index contributed by atoms with van der Waals surface area (Å²) in [7, 11) is 0. The zero-order chi connectivity index (χ0) is 11.6. The van der Waals surface area contributed by atoms with Crippen molar-refractivity contribution in [2.75, 3.05) is 6.61 Å². The Kier molecular flexibility index (Phi) is 3.13. The van der Waals surface area contributed by atoms with Crippen LogP contribution < -0.4 is 0 Å². The van der Waals surface area contributed by atoms with E-state index in [0.29, 0.717) is 6.61 Å². The van der Waals surface area contributed by atoms with Crippen LogP contribution in [0.3, 0.4) is 0 Å². The van der Waals surface area contributed by atoms with Gasteiger partial charge in [-0.2, -0.15) is 0 Å².